The number of carbonyl (C=O) groups excluding carboxylic acids is 2. The number of anilines is 1. The van der Waals surface area contributed by atoms with Crippen LogP contribution >= 0.6 is 28.1 Å². The molecule has 2 aromatic carbocycles. The first-order valence-electron chi connectivity index (χ1n) is 9.42. The molecule has 1 atom stereocenters. The molecule has 1 saturated heterocycles. The lowest BCUT2D eigenvalue weighted by Gasteiger charge is -2.13. The molecule has 0 aliphatic carbocycles. The lowest BCUT2D eigenvalue weighted by Crippen LogP contribution is -2.34. The van der Waals surface area contributed by atoms with E-state index in [2.05, 4.69) is 31.9 Å². The maximum absolute atomic E-state index is 12.5. The Morgan fingerprint density at radius 2 is 2.07 bits per heavy atom. The van der Waals surface area contributed by atoms with Gasteiger partial charge in [-0.2, -0.15) is 0 Å². The number of amides is 2. The van der Waals surface area contributed by atoms with Crippen LogP contribution in [-0.4, -0.2) is 43.3 Å². The van der Waals surface area contributed by atoms with E-state index in [1.54, 1.807) is 42.5 Å². The predicted octanol–water partition coefficient (Wildman–Crippen LogP) is 3.49. The van der Waals surface area contributed by atoms with E-state index in [0.29, 0.717) is 29.1 Å². The van der Waals surface area contributed by atoms with Crippen molar-refractivity contribution in [2.75, 3.05) is 25.6 Å². The Labute approximate surface area is 188 Å². The highest BCUT2D eigenvalue weighted by Crippen LogP contribution is 2.23. The molecule has 1 aliphatic heterocycles. The molecule has 7 nitrogen and oxygen atoms in total. The number of hydrogen-bond acceptors (Lipinski definition) is 5. The van der Waals surface area contributed by atoms with E-state index in [-0.39, 0.29) is 17.1 Å². The molecule has 1 aliphatic rings. The van der Waals surface area contributed by atoms with Gasteiger partial charge >= 0.3 is 0 Å². The molecular weight excluding hydrogens is 470 g/mol. The number of nitrogens with one attached hydrogen (secondary N) is 3. The van der Waals surface area contributed by atoms with Crippen molar-refractivity contribution >= 4 is 50.8 Å². The van der Waals surface area contributed by atoms with Crippen molar-refractivity contribution in [2.24, 2.45) is 0 Å². The normalized spacial score (nSPS) is 15.3. The minimum Gasteiger partial charge on any atom is -0.496 e. The zero-order valence-corrected chi connectivity index (χ0v) is 18.8. The van der Waals surface area contributed by atoms with Gasteiger partial charge in [-0.1, -0.05) is 22.0 Å². The molecule has 0 saturated carbocycles. The minimum absolute atomic E-state index is 0.0769. The summed E-state index contributed by atoms with van der Waals surface area (Å²) >= 11 is 8.58. The summed E-state index contributed by atoms with van der Waals surface area (Å²) in [5, 5.41) is 8.54. The number of methoxy groups -OCH3 is 1. The van der Waals surface area contributed by atoms with Crippen LogP contribution in [-0.2, 0) is 4.74 Å². The highest BCUT2D eigenvalue weighted by atomic mass is 79.9. The molecule has 30 heavy (non-hydrogen) atoms. The largest absolute Gasteiger partial charge is 0.496 e. The summed E-state index contributed by atoms with van der Waals surface area (Å²) in [5.74, 6) is -0.164. The van der Waals surface area contributed by atoms with E-state index in [1.807, 2.05) is 0 Å². The van der Waals surface area contributed by atoms with Crippen LogP contribution in [0, 0.1) is 0 Å². The molecule has 0 bridgehead atoms. The van der Waals surface area contributed by atoms with Crippen LogP contribution in [0.3, 0.4) is 0 Å². The fraction of sp³-hybridized carbons (Fsp3) is 0.286. The highest BCUT2D eigenvalue weighted by Gasteiger charge is 2.17. The van der Waals surface area contributed by atoms with Gasteiger partial charge in [-0.05, 0) is 61.5 Å². The Kier molecular flexibility index (Phi) is 7.78. The summed E-state index contributed by atoms with van der Waals surface area (Å²) < 4.78 is 11.5. The molecule has 158 valence electrons. The van der Waals surface area contributed by atoms with E-state index in [0.717, 1.165) is 23.9 Å². The number of hydrogen-bond donors (Lipinski definition) is 3. The fourth-order valence-corrected chi connectivity index (χ4v) is 3.61. The second-order valence-electron chi connectivity index (χ2n) is 6.68. The molecule has 3 N–H and O–H groups in total. The van der Waals surface area contributed by atoms with Gasteiger partial charge in [-0.15, -0.1) is 0 Å². The first kappa shape index (κ1) is 22.2. The Bertz CT molecular complexity index is 948. The molecule has 0 spiro atoms. The zero-order chi connectivity index (χ0) is 21.5. The van der Waals surface area contributed by atoms with Crippen LogP contribution in [0.5, 0.6) is 5.75 Å². The van der Waals surface area contributed by atoms with Crippen molar-refractivity contribution in [3.8, 4) is 5.75 Å². The quantitative estimate of drug-likeness (QED) is 0.536. The smallest absolute Gasteiger partial charge is 0.261 e. The van der Waals surface area contributed by atoms with E-state index in [9.17, 15) is 9.59 Å². The highest BCUT2D eigenvalue weighted by molar-refractivity contribution is 9.10. The summed E-state index contributed by atoms with van der Waals surface area (Å²) in [7, 11) is 1.49. The molecule has 2 amide bonds. The third-order valence-electron chi connectivity index (χ3n) is 4.53. The van der Waals surface area contributed by atoms with Crippen LogP contribution in [0.1, 0.15) is 33.6 Å². The van der Waals surface area contributed by atoms with Gasteiger partial charge in [0.1, 0.15) is 5.75 Å². The van der Waals surface area contributed by atoms with Crippen LogP contribution in [0.25, 0.3) is 0 Å². The van der Waals surface area contributed by atoms with Gasteiger partial charge in [0, 0.05) is 28.9 Å². The third-order valence-corrected chi connectivity index (χ3v) is 5.23. The van der Waals surface area contributed by atoms with Gasteiger partial charge in [0.2, 0.25) is 0 Å². The van der Waals surface area contributed by atoms with Gasteiger partial charge in [0.15, 0.2) is 5.11 Å². The maximum atomic E-state index is 12.5. The molecule has 1 unspecified atom stereocenters. The van der Waals surface area contributed by atoms with E-state index in [4.69, 9.17) is 21.7 Å². The summed E-state index contributed by atoms with van der Waals surface area (Å²) in [6.07, 6.45) is 2.06. The van der Waals surface area contributed by atoms with Gasteiger partial charge in [0.25, 0.3) is 11.8 Å². The monoisotopic (exact) mass is 491 g/mol. The van der Waals surface area contributed by atoms with Crippen molar-refractivity contribution in [1.82, 2.24) is 10.6 Å². The molecule has 3 rings (SSSR count). The van der Waals surface area contributed by atoms with Gasteiger partial charge in [-0.25, -0.2) is 0 Å². The fourth-order valence-electron chi connectivity index (χ4n) is 3.04. The second kappa shape index (κ2) is 10.5. The number of carbonyl (C=O) groups is 2. The van der Waals surface area contributed by atoms with Crippen molar-refractivity contribution in [3.63, 3.8) is 0 Å². The molecule has 0 radical (unpaired) electrons. The summed E-state index contributed by atoms with van der Waals surface area (Å²) in [5.41, 5.74) is 1.42. The lowest BCUT2D eigenvalue weighted by atomic mass is 10.1. The minimum atomic E-state index is -0.406. The Balaban J connectivity index is 1.58. The van der Waals surface area contributed by atoms with Crippen LogP contribution in [0.2, 0.25) is 0 Å². The van der Waals surface area contributed by atoms with Crippen LogP contribution < -0.4 is 20.7 Å². The van der Waals surface area contributed by atoms with Gasteiger partial charge < -0.3 is 20.1 Å². The maximum Gasteiger partial charge on any atom is 0.261 e. The SMILES string of the molecule is COc1ccc(Br)cc1C(=O)NC(=S)Nc1cccc(C(=O)NCC2CCCO2)c1. The number of rotatable bonds is 6. The number of ether oxygens (including phenoxy) is 2. The second-order valence-corrected chi connectivity index (χ2v) is 8.00. The Hall–Kier alpha value is -2.49. The predicted molar refractivity (Wildman–Crippen MR) is 122 cm³/mol. The van der Waals surface area contributed by atoms with Crippen molar-refractivity contribution < 1.29 is 19.1 Å². The van der Waals surface area contributed by atoms with Crippen LogP contribution in [0.4, 0.5) is 5.69 Å². The van der Waals surface area contributed by atoms with Gasteiger partial charge in [-0.3, -0.25) is 14.9 Å². The topological polar surface area (TPSA) is 88.7 Å². The van der Waals surface area contributed by atoms with Gasteiger partial charge in [0.05, 0.1) is 18.8 Å². The van der Waals surface area contributed by atoms with Crippen molar-refractivity contribution in [3.05, 3.63) is 58.1 Å². The van der Waals surface area contributed by atoms with E-state index < -0.39 is 5.91 Å². The average molecular weight is 492 g/mol. The first-order chi connectivity index (χ1) is 14.5. The van der Waals surface area contributed by atoms with E-state index in [1.165, 1.54) is 7.11 Å². The molecule has 1 fully saturated rings. The molecule has 9 heteroatoms. The third kappa shape index (κ3) is 6.01. The number of benzene rings is 2. The zero-order valence-electron chi connectivity index (χ0n) is 16.4. The van der Waals surface area contributed by atoms with Crippen molar-refractivity contribution in [1.29, 1.82) is 0 Å². The Morgan fingerprint density at radius 1 is 1.23 bits per heavy atom. The molecule has 1 heterocycles. The number of halogens is 1. The Morgan fingerprint density at radius 3 is 2.80 bits per heavy atom. The standard InChI is InChI=1S/C21H22BrN3O4S/c1-28-18-8-7-14(22)11-17(18)20(27)25-21(30)24-15-5-2-4-13(10-15)19(26)23-12-16-6-3-9-29-16/h2,4-5,7-8,10-11,16H,3,6,9,12H2,1H3,(H,23,26)(H2,24,25,27,30). The number of thiocarbonyl (C=S) groups is 1. The molecular formula is C21H22BrN3O4S. The lowest BCUT2D eigenvalue weighted by molar-refractivity contribution is 0.0857. The van der Waals surface area contributed by atoms with Crippen LogP contribution in [0.15, 0.2) is 46.9 Å². The summed E-state index contributed by atoms with van der Waals surface area (Å²) in [6.45, 7) is 1.23. The van der Waals surface area contributed by atoms with Crippen molar-refractivity contribution in [2.45, 2.75) is 18.9 Å². The molecule has 0 aromatic heterocycles. The summed E-state index contributed by atoms with van der Waals surface area (Å²) in [4.78, 5) is 24.9. The average Bonchev–Trinajstić information content (AvgIpc) is 3.25. The molecule has 2 aromatic rings. The first-order valence-corrected chi connectivity index (χ1v) is 10.6. The summed E-state index contributed by atoms with van der Waals surface area (Å²) in [6, 6.07) is 12.0. The van der Waals surface area contributed by atoms with E-state index >= 15 is 0 Å².